The Balaban J connectivity index is 2.23. The maximum atomic E-state index is 11.2. The molecule has 0 N–H and O–H groups in total. The van der Waals surface area contributed by atoms with E-state index in [0.29, 0.717) is 18.9 Å². The lowest BCUT2D eigenvalue weighted by atomic mass is 10.5. The van der Waals surface area contributed by atoms with E-state index in [4.69, 9.17) is 23.2 Å². The van der Waals surface area contributed by atoms with Crippen LogP contribution >= 0.6 is 23.2 Å². The molecule has 1 saturated heterocycles. The van der Waals surface area contributed by atoms with E-state index in [0.717, 1.165) is 0 Å². The van der Waals surface area contributed by atoms with Gasteiger partial charge in [0.25, 0.3) is 0 Å². The monoisotopic (exact) mass is 282 g/mol. The van der Waals surface area contributed by atoms with Gasteiger partial charge in [-0.05, 0) is 11.6 Å². The Hall–Kier alpha value is -0.660. The summed E-state index contributed by atoms with van der Waals surface area (Å²) in [4.78, 5) is 5.68. The Morgan fingerprint density at radius 1 is 1.12 bits per heavy atom. The standard InChI is InChI=1S/C7H8Cl2N4O2S/c8-5-6(10-7(9)12-11-5)13-1-3-16(14,15)4-2-13/h1-4H2. The molecule has 0 bridgehead atoms. The van der Waals surface area contributed by atoms with Gasteiger partial charge in [-0.15, -0.1) is 10.2 Å². The molecule has 0 aliphatic carbocycles. The molecule has 1 aliphatic heterocycles. The average molecular weight is 283 g/mol. The van der Waals surface area contributed by atoms with Gasteiger partial charge in [-0.25, -0.2) is 8.42 Å². The van der Waals surface area contributed by atoms with E-state index < -0.39 is 9.84 Å². The fraction of sp³-hybridized carbons (Fsp3) is 0.571. The Morgan fingerprint density at radius 2 is 1.75 bits per heavy atom. The van der Waals surface area contributed by atoms with Crippen molar-refractivity contribution in [3.63, 3.8) is 0 Å². The van der Waals surface area contributed by atoms with E-state index in [9.17, 15) is 8.42 Å². The van der Waals surface area contributed by atoms with E-state index in [-0.39, 0.29) is 21.9 Å². The summed E-state index contributed by atoms with van der Waals surface area (Å²) in [5.41, 5.74) is 0. The minimum Gasteiger partial charge on any atom is -0.352 e. The molecule has 2 rings (SSSR count). The maximum absolute atomic E-state index is 11.2. The molecule has 2 heterocycles. The first kappa shape index (κ1) is 11.8. The lowest BCUT2D eigenvalue weighted by molar-refractivity contribution is 0.586. The average Bonchev–Trinajstić information content (AvgIpc) is 2.22. The lowest BCUT2D eigenvalue weighted by Crippen LogP contribution is -2.41. The fourth-order valence-electron chi connectivity index (χ4n) is 1.41. The van der Waals surface area contributed by atoms with Crippen LogP contribution < -0.4 is 4.90 Å². The van der Waals surface area contributed by atoms with Crippen LogP contribution in [0.5, 0.6) is 0 Å². The summed E-state index contributed by atoms with van der Waals surface area (Å²) in [6, 6.07) is 0. The number of anilines is 1. The van der Waals surface area contributed by atoms with Gasteiger partial charge in [0.1, 0.15) is 0 Å². The molecule has 1 aromatic rings. The summed E-state index contributed by atoms with van der Waals surface area (Å²) >= 11 is 11.4. The second-order valence-electron chi connectivity index (χ2n) is 3.33. The van der Waals surface area contributed by atoms with Crippen molar-refractivity contribution in [1.82, 2.24) is 15.2 Å². The van der Waals surface area contributed by atoms with Crippen LogP contribution in [0, 0.1) is 0 Å². The van der Waals surface area contributed by atoms with Crippen molar-refractivity contribution in [3.05, 3.63) is 10.4 Å². The second-order valence-corrected chi connectivity index (χ2v) is 6.33. The largest absolute Gasteiger partial charge is 0.352 e. The van der Waals surface area contributed by atoms with Crippen molar-refractivity contribution in [2.24, 2.45) is 0 Å². The van der Waals surface area contributed by atoms with Crippen LogP contribution in [-0.2, 0) is 9.84 Å². The van der Waals surface area contributed by atoms with Crippen LogP contribution in [0.1, 0.15) is 0 Å². The van der Waals surface area contributed by atoms with Gasteiger partial charge in [0.15, 0.2) is 20.8 Å². The fourth-order valence-corrected chi connectivity index (χ4v) is 2.93. The Labute approximate surface area is 103 Å². The zero-order chi connectivity index (χ0) is 11.8. The van der Waals surface area contributed by atoms with Crippen molar-refractivity contribution in [3.8, 4) is 0 Å². The summed E-state index contributed by atoms with van der Waals surface area (Å²) in [6.07, 6.45) is 0. The van der Waals surface area contributed by atoms with Crippen molar-refractivity contribution in [1.29, 1.82) is 0 Å². The summed E-state index contributed by atoms with van der Waals surface area (Å²) < 4.78 is 22.5. The predicted molar refractivity (Wildman–Crippen MR) is 60.7 cm³/mol. The lowest BCUT2D eigenvalue weighted by Gasteiger charge is -2.27. The zero-order valence-electron chi connectivity index (χ0n) is 8.10. The highest BCUT2D eigenvalue weighted by Gasteiger charge is 2.24. The summed E-state index contributed by atoms with van der Waals surface area (Å²) in [7, 11) is -2.93. The number of hydrogen-bond acceptors (Lipinski definition) is 6. The second kappa shape index (κ2) is 4.31. The zero-order valence-corrected chi connectivity index (χ0v) is 10.4. The van der Waals surface area contributed by atoms with E-state index in [1.54, 1.807) is 4.90 Å². The first-order valence-corrected chi connectivity index (χ1v) is 7.07. The molecule has 0 amide bonds. The van der Waals surface area contributed by atoms with Crippen molar-refractivity contribution < 1.29 is 8.42 Å². The van der Waals surface area contributed by atoms with Crippen LogP contribution in [0.3, 0.4) is 0 Å². The van der Waals surface area contributed by atoms with Gasteiger partial charge >= 0.3 is 0 Å². The van der Waals surface area contributed by atoms with Gasteiger partial charge in [-0.2, -0.15) is 4.98 Å². The SMILES string of the molecule is O=S1(=O)CCN(c2nc(Cl)nnc2Cl)CC1. The molecule has 0 spiro atoms. The van der Waals surface area contributed by atoms with Crippen LogP contribution in [0.2, 0.25) is 10.4 Å². The van der Waals surface area contributed by atoms with Crippen LogP contribution in [0.4, 0.5) is 5.82 Å². The smallest absolute Gasteiger partial charge is 0.245 e. The molecular weight excluding hydrogens is 275 g/mol. The third-order valence-electron chi connectivity index (χ3n) is 2.25. The molecule has 16 heavy (non-hydrogen) atoms. The maximum Gasteiger partial charge on any atom is 0.245 e. The molecule has 0 saturated carbocycles. The van der Waals surface area contributed by atoms with Gasteiger partial charge in [0, 0.05) is 13.1 Å². The molecule has 6 nitrogen and oxygen atoms in total. The Morgan fingerprint density at radius 3 is 2.38 bits per heavy atom. The van der Waals surface area contributed by atoms with Crippen molar-refractivity contribution in [2.75, 3.05) is 29.5 Å². The number of nitrogens with zero attached hydrogens (tertiary/aromatic N) is 4. The van der Waals surface area contributed by atoms with Gasteiger partial charge in [-0.1, -0.05) is 11.6 Å². The van der Waals surface area contributed by atoms with Gasteiger partial charge in [0.05, 0.1) is 11.5 Å². The van der Waals surface area contributed by atoms with E-state index >= 15 is 0 Å². The van der Waals surface area contributed by atoms with Crippen LogP contribution in [-0.4, -0.2) is 48.2 Å². The minimum atomic E-state index is -2.93. The van der Waals surface area contributed by atoms with Crippen molar-refractivity contribution in [2.45, 2.75) is 0 Å². The topological polar surface area (TPSA) is 76.1 Å². The van der Waals surface area contributed by atoms with Gasteiger partial charge < -0.3 is 4.90 Å². The molecule has 0 aromatic carbocycles. The normalized spacial score (nSPS) is 19.8. The Kier molecular flexibility index (Phi) is 3.18. The highest BCUT2D eigenvalue weighted by Crippen LogP contribution is 2.22. The molecule has 0 radical (unpaired) electrons. The number of rotatable bonds is 1. The quantitative estimate of drug-likeness (QED) is 0.743. The summed E-state index contributed by atoms with van der Waals surface area (Å²) in [5.74, 6) is 0.562. The van der Waals surface area contributed by atoms with Crippen molar-refractivity contribution >= 4 is 38.9 Å². The van der Waals surface area contributed by atoms with Gasteiger partial charge in [0.2, 0.25) is 5.28 Å². The van der Waals surface area contributed by atoms with Crippen LogP contribution in [0.25, 0.3) is 0 Å². The van der Waals surface area contributed by atoms with E-state index in [2.05, 4.69) is 15.2 Å². The molecular formula is C7H8Cl2N4O2S. The first-order valence-electron chi connectivity index (χ1n) is 4.49. The number of halogens is 2. The highest BCUT2D eigenvalue weighted by atomic mass is 35.5. The van der Waals surface area contributed by atoms with E-state index in [1.807, 2.05) is 0 Å². The third kappa shape index (κ3) is 2.53. The number of hydrogen-bond donors (Lipinski definition) is 0. The first-order chi connectivity index (χ1) is 7.48. The molecule has 9 heteroatoms. The van der Waals surface area contributed by atoms with Gasteiger partial charge in [-0.3, -0.25) is 0 Å². The van der Waals surface area contributed by atoms with Crippen LogP contribution in [0.15, 0.2) is 0 Å². The molecule has 0 atom stereocenters. The Bertz CT molecular complexity index is 493. The highest BCUT2D eigenvalue weighted by molar-refractivity contribution is 7.91. The minimum absolute atomic E-state index is 0.00664. The number of sulfone groups is 1. The molecule has 0 unspecified atom stereocenters. The third-order valence-corrected chi connectivity index (χ3v) is 4.26. The summed E-state index contributed by atoms with van der Waals surface area (Å²) in [5, 5.41) is 7.23. The van der Waals surface area contributed by atoms with E-state index in [1.165, 1.54) is 0 Å². The predicted octanol–water partition coefficient (Wildman–Crippen LogP) is 0.413. The molecule has 88 valence electrons. The summed E-state index contributed by atoms with van der Waals surface area (Å²) in [6.45, 7) is 0.689. The number of aromatic nitrogens is 3. The molecule has 1 aromatic heterocycles. The molecule has 1 aliphatic rings. The molecule has 1 fully saturated rings.